The maximum absolute atomic E-state index is 12.9. The third-order valence-corrected chi connectivity index (χ3v) is 4.44. The molecule has 0 unspecified atom stereocenters. The lowest BCUT2D eigenvalue weighted by Gasteiger charge is -2.22. The zero-order chi connectivity index (χ0) is 15.4. The fraction of sp³-hybridized carbons (Fsp3) is 0.300. The zero-order valence-corrected chi connectivity index (χ0v) is 12.6. The minimum atomic E-state index is -0.230. The summed E-state index contributed by atoms with van der Waals surface area (Å²) in [5.41, 5.74) is 2.98. The van der Waals surface area contributed by atoms with Crippen LogP contribution >= 0.6 is 0 Å². The molecule has 0 radical (unpaired) electrons. The zero-order valence-electron chi connectivity index (χ0n) is 12.6. The quantitative estimate of drug-likeness (QED) is 0.715. The van der Waals surface area contributed by atoms with Crippen LogP contribution in [0.1, 0.15) is 54.7 Å². The highest BCUT2D eigenvalue weighted by Gasteiger charge is 2.18. The molecule has 0 amide bonds. The standard InChI is InChI=1S/C20H21FO/c21-18-11-8-15(9-12-18)6-7-16-10-13-19(20(22)14-16)17-4-2-1-3-5-17/h6-14,17,22H,1-5H2/b7-6+. The summed E-state index contributed by atoms with van der Waals surface area (Å²) in [5.74, 6) is 0.670. The summed E-state index contributed by atoms with van der Waals surface area (Å²) in [6.07, 6.45) is 10.1. The number of phenols is 1. The summed E-state index contributed by atoms with van der Waals surface area (Å²) >= 11 is 0. The van der Waals surface area contributed by atoms with Crippen molar-refractivity contribution in [1.29, 1.82) is 0 Å². The van der Waals surface area contributed by atoms with E-state index in [1.807, 2.05) is 24.3 Å². The van der Waals surface area contributed by atoms with Crippen molar-refractivity contribution < 1.29 is 9.50 Å². The molecule has 2 aromatic rings. The largest absolute Gasteiger partial charge is 0.508 e. The van der Waals surface area contributed by atoms with Gasteiger partial charge < -0.3 is 5.11 Å². The number of rotatable bonds is 3. The summed E-state index contributed by atoms with van der Waals surface area (Å²) < 4.78 is 12.9. The normalized spacial score (nSPS) is 16.2. The number of phenolic OH excluding ortho intramolecular Hbond substituents is 1. The Kier molecular flexibility index (Phi) is 4.57. The summed E-state index contributed by atoms with van der Waals surface area (Å²) in [5, 5.41) is 10.3. The van der Waals surface area contributed by atoms with Crippen molar-refractivity contribution in [2.75, 3.05) is 0 Å². The van der Waals surface area contributed by atoms with Crippen LogP contribution in [-0.2, 0) is 0 Å². The Morgan fingerprint density at radius 3 is 2.18 bits per heavy atom. The lowest BCUT2D eigenvalue weighted by Crippen LogP contribution is -2.04. The highest BCUT2D eigenvalue weighted by molar-refractivity contribution is 5.70. The first-order valence-corrected chi connectivity index (χ1v) is 7.99. The van der Waals surface area contributed by atoms with Gasteiger partial charge in [0.1, 0.15) is 11.6 Å². The monoisotopic (exact) mass is 296 g/mol. The van der Waals surface area contributed by atoms with Crippen LogP contribution in [0.5, 0.6) is 5.75 Å². The summed E-state index contributed by atoms with van der Waals surface area (Å²) in [6, 6.07) is 12.3. The summed E-state index contributed by atoms with van der Waals surface area (Å²) in [6.45, 7) is 0. The number of hydrogen-bond donors (Lipinski definition) is 1. The highest BCUT2D eigenvalue weighted by atomic mass is 19.1. The van der Waals surface area contributed by atoms with Crippen molar-refractivity contribution in [2.24, 2.45) is 0 Å². The van der Waals surface area contributed by atoms with Gasteiger partial charge in [-0.3, -0.25) is 0 Å². The number of halogens is 1. The third-order valence-electron chi connectivity index (χ3n) is 4.44. The van der Waals surface area contributed by atoms with Gasteiger partial charge in [0.15, 0.2) is 0 Å². The molecule has 1 nitrogen and oxygen atoms in total. The van der Waals surface area contributed by atoms with Gasteiger partial charge in [0.05, 0.1) is 0 Å². The lowest BCUT2D eigenvalue weighted by atomic mass is 9.83. The predicted molar refractivity (Wildman–Crippen MR) is 89.3 cm³/mol. The van der Waals surface area contributed by atoms with Crippen molar-refractivity contribution in [3.63, 3.8) is 0 Å². The molecule has 0 aromatic heterocycles. The van der Waals surface area contributed by atoms with Gasteiger partial charge in [0.2, 0.25) is 0 Å². The van der Waals surface area contributed by atoms with Gasteiger partial charge in [-0.05, 0) is 53.6 Å². The smallest absolute Gasteiger partial charge is 0.123 e. The lowest BCUT2D eigenvalue weighted by molar-refractivity contribution is 0.414. The molecule has 2 heteroatoms. The fourth-order valence-electron chi connectivity index (χ4n) is 3.19. The van der Waals surface area contributed by atoms with Crippen LogP contribution in [-0.4, -0.2) is 5.11 Å². The van der Waals surface area contributed by atoms with E-state index < -0.39 is 0 Å². The molecule has 1 fully saturated rings. The molecule has 0 saturated heterocycles. The number of hydrogen-bond acceptors (Lipinski definition) is 1. The Labute approximate surface area is 131 Å². The second kappa shape index (κ2) is 6.78. The van der Waals surface area contributed by atoms with Crippen LogP contribution in [0.4, 0.5) is 4.39 Å². The minimum Gasteiger partial charge on any atom is -0.508 e. The van der Waals surface area contributed by atoms with Crippen molar-refractivity contribution >= 4 is 12.2 Å². The van der Waals surface area contributed by atoms with Crippen molar-refractivity contribution in [3.05, 3.63) is 65.0 Å². The Morgan fingerprint density at radius 1 is 0.864 bits per heavy atom. The molecule has 0 aliphatic heterocycles. The van der Waals surface area contributed by atoms with Gasteiger partial charge >= 0.3 is 0 Å². The van der Waals surface area contributed by atoms with Crippen molar-refractivity contribution in [2.45, 2.75) is 38.0 Å². The minimum absolute atomic E-state index is 0.230. The molecular weight excluding hydrogens is 275 g/mol. The second-order valence-corrected chi connectivity index (χ2v) is 6.04. The van der Waals surface area contributed by atoms with Gasteiger partial charge in [-0.2, -0.15) is 0 Å². The van der Waals surface area contributed by atoms with Gasteiger partial charge in [-0.25, -0.2) is 4.39 Å². The first kappa shape index (κ1) is 14.8. The molecule has 3 rings (SSSR count). The first-order chi connectivity index (χ1) is 10.7. The SMILES string of the molecule is Oc1cc(/C=C/c2ccc(F)cc2)ccc1C1CCCCC1. The average Bonchev–Trinajstić information content (AvgIpc) is 2.55. The van der Waals surface area contributed by atoms with E-state index in [4.69, 9.17) is 0 Å². The molecule has 0 atom stereocenters. The van der Waals surface area contributed by atoms with E-state index in [0.717, 1.165) is 16.7 Å². The van der Waals surface area contributed by atoms with Crippen LogP contribution in [0.3, 0.4) is 0 Å². The maximum Gasteiger partial charge on any atom is 0.123 e. The molecule has 114 valence electrons. The first-order valence-electron chi connectivity index (χ1n) is 7.99. The Morgan fingerprint density at radius 2 is 1.50 bits per heavy atom. The van der Waals surface area contributed by atoms with E-state index >= 15 is 0 Å². The Balaban J connectivity index is 1.75. The number of aromatic hydroxyl groups is 1. The predicted octanol–water partition coefficient (Wildman–Crippen LogP) is 5.75. The summed E-state index contributed by atoms with van der Waals surface area (Å²) in [7, 11) is 0. The van der Waals surface area contributed by atoms with E-state index in [-0.39, 0.29) is 5.82 Å². The molecule has 22 heavy (non-hydrogen) atoms. The molecule has 1 aliphatic rings. The summed E-state index contributed by atoms with van der Waals surface area (Å²) in [4.78, 5) is 0. The van der Waals surface area contributed by atoms with Gasteiger partial charge in [0.25, 0.3) is 0 Å². The molecule has 1 saturated carbocycles. The molecule has 1 N–H and O–H groups in total. The molecule has 1 aliphatic carbocycles. The van der Waals surface area contributed by atoms with Crippen molar-refractivity contribution in [3.8, 4) is 5.75 Å². The van der Waals surface area contributed by atoms with E-state index in [2.05, 4.69) is 6.07 Å². The molecule has 0 spiro atoms. The third kappa shape index (κ3) is 3.56. The van der Waals surface area contributed by atoms with E-state index in [9.17, 15) is 9.50 Å². The molecule has 0 bridgehead atoms. The van der Waals surface area contributed by atoms with Gasteiger partial charge in [-0.15, -0.1) is 0 Å². The Bertz CT molecular complexity index is 652. The van der Waals surface area contributed by atoms with Crippen LogP contribution < -0.4 is 0 Å². The van der Waals surface area contributed by atoms with Crippen LogP contribution in [0.25, 0.3) is 12.2 Å². The maximum atomic E-state index is 12.9. The van der Waals surface area contributed by atoms with Gasteiger partial charge in [-0.1, -0.05) is 55.7 Å². The van der Waals surface area contributed by atoms with Gasteiger partial charge in [0, 0.05) is 0 Å². The van der Waals surface area contributed by atoms with Crippen LogP contribution in [0.15, 0.2) is 42.5 Å². The van der Waals surface area contributed by atoms with Crippen molar-refractivity contribution in [1.82, 2.24) is 0 Å². The fourth-order valence-corrected chi connectivity index (χ4v) is 3.19. The highest BCUT2D eigenvalue weighted by Crippen LogP contribution is 2.37. The van der Waals surface area contributed by atoms with Crippen LogP contribution in [0.2, 0.25) is 0 Å². The average molecular weight is 296 g/mol. The number of benzene rings is 2. The second-order valence-electron chi connectivity index (χ2n) is 6.04. The van der Waals surface area contributed by atoms with Crippen LogP contribution in [0, 0.1) is 5.82 Å². The Hall–Kier alpha value is -2.09. The molecular formula is C20H21FO. The molecule has 0 heterocycles. The van der Waals surface area contributed by atoms with E-state index in [1.165, 1.54) is 44.2 Å². The topological polar surface area (TPSA) is 20.2 Å². The van der Waals surface area contributed by atoms with E-state index in [1.54, 1.807) is 12.1 Å². The molecule has 2 aromatic carbocycles. The van der Waals surface area contributed by atoms with E-state index in [0.29, 0.717) is 11.7 Å².